The van der Waals surface area contributed by atoms with Crippen LogP contribution < -0.4 is 0 Å². The molecule has 0 spiro atoms. The summed E-state index contributed by atoms with van der Waals surface area (Å²) in [5.41, 5.74) is 1.00. The number of ether oxygens (including phenoxy) is 1. The zero-order valence-electron chi connectivity index (χ0n) is 11.3. The Morgan fingerprint density at radius 3 is 3.00 bits per heavy atom. The van der Waals surface area contributed by atoms with Crippen LogP contribution in [0.1, 0.15) is 31.7 Å². The SMILES string of the molecule is CCC(=O)N1CCCC(OCc2ccccc2Cl)C1. The van der Waals surface area contributed by atoms with Crippen LogP contribution in [0, 0.1) is 0 Å². The van der Waals surface area contributed by atoms with Crippen LogP contribution in [0.15, 0.2) is 24.3 Å². The molecule has 1 aliphatic rings. The van der Waals surface area contributed by atoms with E-state index >= 15 is 0 Å². The highest BCUT2D eigenvalue weighted by atomic mass is 35.5. The quantitative estimate of drug-likeness (QED) is 0.848. The number of halogens is 1. The topological polar surface area (TPSA) is 29.5 Å². The van der Waals surface area contributed by atoms with Crippen molar-refractivity contribution in [2.24, 2.45) is 0 Å². The van der Waals surface area contributed by atoms with E-state index in [2.05, 4.69) is 0 Å². The van der Waals surface area contributed by atoms with E-state index in [1.54, 1.807) is 0 Å². The van der Waals surface area contributed by atoms with Crippen molar-refractivity contribution in [2.75, 3.05) is 13.1 Å². The maximum atomic E-state index is 11.7. The highest BCUT2D eigenvalue weighted by Crippen LogP contribution is 2.19. The standard InChI is InChI=1S/C15H20ClNO2/c1-2-15(18)17-9-5-7-13(10-17)19-11-12-6-3-4-8-14(12)16/h3-4,6,8,13H,2,5,7,9-11H2,1H3. The van der Waals surface area contributed by atoms with Crippen LogP contribution in [-0.2, 0) is 16.1 Å². The molecule has 104 valence electrons. The monoisotopic (exact) mass is 281 g/mol. The third-order valence-electron chi connectivity index (χ3n) is 3.47. The molecule has 0 aromatic heterocycles. The van der Waals surface area contributed by atoms with Crippen molar-refractivity contribution < 1.29 is 9.53 Å². The van der Waals surface area contributed by atoms with Gasteiger partial charge in [0.25, 0.3) is 0 Å². The number of amides is 1. The number of hydrogen-bond donors (Lipinski definition) is 0. The number of benzene rings is 1. The van der Waals surface area contributed by atoms with Gasteiger partial charge in [0.2, 0.25) is 5.91 Å². The number of likely N-dealkylation sites (tertiary alicyclic amines) is 1. The van der Waals surface area contributed by atoms with Gasteiger partial charge >= 0.3 is 0 Å². The second-order valence-corrected chi connectivity index (χ2v) is 5.27. The third kappa shape index (κ3) is 3.95. The molecule has 0 bridgehead atoms. The minimum Gasteiger partial charge on any atom is -0.372 e. The number of carbonyl (C=O) groups excluding carboxylic acids is 1. The van der Waals surface area contributed by atoms with Crippen molar-refractivity contribution in [3.05, 3.63) is 34.9 Å². The molecular formula is C15H20ClNO2. The third-order valence-corrected chi connectivity index (χ3v) is 3.83. The predicted octanol–water partition coefficient (Wildman–Crippen LogP) is 3.26. The minimum absolute atomic E-state index is 0.125. The van der Waals surface area contributed by atoms with E-state index in [0.29, 0.717) is 19.6 Å². The van der Waals surface area contributed by atoms with Crippen molar-refractivity contribution in [1.82, 2.24) is 4.90 Å². The van der Waals surface area contributed by atoms with E-state index in [1.165, 1.54) is 0 Å². The highest BCUT2D eigenvalue weighted by Gasteiger charge is 2.23. The molecule has 0 N–H and O–H groups in total. The smallest absolute Gasteiger partial charge is 0.222 e. The van der Waals surface area contributed by atoms with E-state index < -0.39 is 0 Å². The molecule has 3 nitrogen and oxygen atoms in total. The summed E-state index contributed by atoms with van der Waals surface area (Å²) in [5.74, 6) is 0.214. The molecule has 1 fully saturated rings. The van der Waals surface area contributed by atoms with Gasteiger partial charge in [0, 0.05) is 24.5 Å². The van der Waals surface area contributed by atoms with Crippen LogP contribution in [-0.4, -0.2) is 30.0 Å². The summed E-state index contributed by atoms with van der Waals surface area (Å²) in [5, 5.41) is 0.736. The number of hydrogen-bond acceptors (Lipinski definition) is 2. The Bertz CT molecular complexity index is 436. The van der Waals surface area contributed by atoms with E-state index in [9.17, 15) is 4.79 Å². The van der Waals surface area contributed by atoms with Gasteiger partial charge in [0.05, 0.1) is 12.7 Å². The van der Waals surface area contributed by atoms with Crippen molar-refractivity contribution in [2.45, 2.75) is 38.9 Å². The first kappa shape index (κ1) is 14.4. The lowest BCUT2D eigenvalue weighted by Gasteiger charge is -2.32. The molecule has 1 amide bonds. The van der Waals surface area contributed by atoms with Gasteiger partial charge in [-0.15, -0.1) is 0 Å². The number of piperidine rings is 1. The molecule has 1 unspecified atom stereocenters. The average molecular weight is 282 g/mol. The Labute approximate surface area is 119 Å². The molecule has 1 aromatic rings. The lowest BCUT2D eigenvalue weighted by Crippen LogP contribution is -2.42. The molecule has 4 heteroatoms. The summed E-state index contributed by atoms with van der Waals surface area (Å²) < 4.78 is 5.90. The van der Waals surface area contributed by atoms with Crippen LogP contribution in [0.3, 0.4) is 0 Å². The fourth-order valence-electron chi connectivity index (χ4n) is 2.35. The van der Waals surface area contributed by atoms with Gasteiger partial charge in [-0.3, -0.25) is 4.79 Å². The summed E-state index contributed by atoms with van der Waals surface area (Å²) in [7, 11) is 0. The first-order valence-corrected chi connectivity index (χ1v) is 7.21. The van der Waals surface area contributed by atoms with Crippen molar-refractivity contribution in [3.8, 4) is 0 Å². The Balaban J connectivity index is 1.86. The van der Waals surface area contributed by atoms with Crippen LogP contribution >= 0.6 is 11.6 Å². The molecule has 1 aromatic carbocycles. The Hall–Kier alpha value is -1.06. The Morgan fingerprint density at radius 1 is 1.47 bits per heavy atom. The second kappa shape index (κ2) is 6.92. The largest absolute Gasteiger partial charge is 0.372 e. The normalized spacial score (nSPS) is 19.5. The maximum absolute atomic E-state index is 11.7. The molecule has 0 radical (unpaired) electrons. The molecular weight excluding hydrogens is 262 g/mol. The van der Waals surface area contributed by atoms with Gasteiger partial charge in [-0.25, -0.2) is 0 Å². The summed E-state index contributed by atoms with van der Waals surface area (Å²) in [6, 6.07) is 7.71. The number of nitrogens with zero attached hydrogens (tertiary/aromatic N) is 1. The second-order valence-electron chi connectivity index (χ2n) is 4.86. The van der Waals surface area contributed by atoms with Gasteiger partial charge in [-0.1, -0.05) is 36.7 Å². The zero-order valence-corrected chi connectivity index (χ0v) is 12.0. The molecule has 2 rings (SSSR count). The van der Waals surface area contributed by atoms with E-state index in [4.69, 9.17) is 16.3 Å². The molecule has 1 atom stereocenters. The summed E-state index contributed by atoms with van der Waals surface area (Å²) in [6.07, 6.45) is 2.72. The highest BCUT2D eigenvalue weighted by molar-refractivity contribution is 6.31. The van der Waals surface area contributed by atoms with Gasteiger partial charge in [0.1, 0.15) is 0 Å². The maximum Gasteiger partial charge on any atom is 0.222 e. The van der Waals surface area contributed by atoms with E-state index in [0.717, 1.165) is 30.0 Å². The summed E-state index contributed by atoms with van der Waals surface area (Å²) in [6.45, 7) is 3.98. The van der Waals surface area contributed by atoms with Crippen LogP contribution in [0.4, 0.5) is 0 Å². The molecule has 1 saturated heterocycles. The lowest BCUT2D eigenvalue weighted by atomic mass is 10.1. The van der Waals surface area contributed by atoms with Gasteiger partial charge in [-0.2, -0.15) is 0 Å². The molecule has 1 heterocycles. The Morgan fingerprint density at radius 2 is 2.26 bits per heavy atom. The fraction of sp³-hybridized carbons (Fsp3) is 0.533. The number of carbonyl (C=O) groups is 1. The predicted molar refractivity (Wildman–Crippen MR) is 76.1 cm³/mol. The minimum atomic E-state index is 0.125. The van der Waals surface area contributed by atoms with Crippen molar-refractivity contribution >= 4 is 17.5 Å². The van der Waals surface area contributed by atoms with E-state index in [-0.39, 0.29) is 12.0 Å². The zero-order chi connectivity index (χ0) is 13.7. The van der Waals surface area contributed by atoms with Crippen molar-refractivity contribution in [3.63, 3.8) is 0 Å². The van der Waals surface area contributed by atoms with Gasteiger partial charge in [-0.05, 0) is 24.5 Å². The lowest BCUT2D eigenvalue weighted by molar-refractivity contribution is -0.135. The molecule has 19 heavy (non-hydrogen) atoms. The van der Waals surface area contributed by atoms with Crippen LogP contribution in [0.5, 0.6) is 0 Å². The number of rotatable bonds is 4. The van der Waals surface area contributed by atoms with E-state index in [1.807, 2.05) is 36.1 Å². The first-order valence-electron chi connectivity index (χ1n) is 6.83. The summed E-state index contributed by atoms with van der Waals surface area (Å²) >= 11 is 6.10. The molecule has 0 aliphatic carbocycles. The van der Waals surface area contributed by atoms with Crippen LogP contribution in [0.2, 0.25) is 5.02 Å². The first-order chi connectivity index (χ1) is 9.20. The fourth-order valence-corrected chi connectivity index (χ4v) is 2.54. The molecule has 0 saturated carbocycles. The summed E-state index contributed by atoms with van der Waals surface area (Å²) in [4.78, 5) is 13.6. The average Bonchev–Trinajstić information content (AvgIpc) is 2.46. The van der Waals surface area contributed by atoms with Gasteiger partial charge < -0.3 is 9.64 Å². The Kier molecular flexibility index (Phi) is 5.23. The molecule has 1 aliphatic heterocycles. The van der Waals surface area contributed by atoms with Crippen molar-refractivity contribution in [1.29, 1.82) is 0 Å². The van der Waals surface area contributed by atoms with Crippen LogP contribution in [0.25, 0.3) is 0 Å². The van der Waals surface area contributed by atoms with Gasteiger partial charge in [0.15, 0.2) is 0 Å².